The zero-order chi connectivity index (χ0) is 22.1. The standard InChI is InChI=1S/C26H24N2O4/c29-22-9-7-21(8-10-22)27-12-14-28(15-13-27)25(30)19-6-11-23-20(16-19)17-24(32-26(23)31)18-4-2-1-3-5-18/h1-11,16,24,29H,12-15,17H2/t24-/m1/s1. The Morgan fingerprint density at radius 3 is 2.34 bits per heavy atom. The number of piperazine rings is 1. The number of benzene rings is 3. The number of aromatic hydroxyl groups is 1. The summed E-state index contributed by atoms with van der Waals surface area (Å²) < 4.78 is 5.62. The predicted molar refractivity (Wildman–Crippen MR) is 121 cm³/mol. The molecule has 32 heavy (non-hydrogen) atoms. The van der Waals surface area contributed by atoms with Crippen LogP contribution in [0.4, 0.5) is 5.69 Å². The molecule has 3 aromatic carbocycles. The van der Waals surface area contributed by atoms with Gasteiger partial charge in [0.2, 0.25) is 0 Å². The van der Waals surface area contributed by atoms with E-state index in [1.54, 1.807) is 24.3 Å². The quantitative estimate of drug-likeness (QED) is 0.643. The van der Waals surface area contributed by atoms with Gasteiger partial charge >= 0.3 is 5.97 Å². The summed E-state index contributed by atoms with van der Waals surface area (Å²) >= 11 is 0. The Labute approximate surface area is 186 Å². The number of phenols is 1. The molecule has 1 N–H and O–H groups in total. The molecule has 162 valence electrons. The molecule has 0 radical (unpaired) electrons. The van der Waals surface area contributed by atoms with E-state index >= 15 is 0 Å². The van der Waals surface area contributed by atoms with Gasteiger partial charge in [0.25, 0.3) is 5.91 Å². The Morgan fingerprint density at radius 2 is 1.62 bits per heavy atom. The highest BCUT2D eigenvalue weighted by atomic mass is 16.5. The normalized spacial score (nSPS) is 18.1. The number of fused-ring (bicyclic) bond motifs is 1. The Morgan fingerprint density at radius 1 is 0.906 bits per heavy atom. The lowest BCUT2D eigenvalue weighted by Gasteiger charge is -2.36. The van der Waals surface area contributed by atoms with Crippen molar-refractivity contribution in [2.75, 3.05) is 31.1 Å². The first kappa shape index (κ1) is 20.1. The third kappa shape index (κ3) is 3.91. The summed E-state index contributed by atoms with van der Waals surface area (Å²) in [5.74, 6) is -0.122. The summed E-state index contributed by atoms with van der Waals surface area (Å²) in [6.45, 7) is 2.69. The molecule has 5 rings (SSSR count). The molecule has 0 aliphatic carbocycles. The highest BCUT2D eigenvalue weighted by Gasteiger charge is 2.29. The van der Waals surface area contributed by atoms with E-state index in [0.717, 1.165) is 29.9 Å². The van der Waals surface area contributed by atoms with Gasteiger partial charge in [-0.25, -0.2) is 4.79 Å². The molecular formula is C26H24N2O4. The van der Waals surface area contributed by atoms with E-state index < -0.39 is 0 Å². The van der Waals surface area contributed by atoms with Gasteiger partial charge in [-0.15, -0.1) is 0 Å². The van der Waals surface area contributed by atoms with Crippen LogP contribution in [0.3, 0.4) is 0 Å². The van der Waals surface area contributed by atoms with Crippen molar-refractivity contribution in [2.24, 2.45) is 0 Å². The van der Waals surface area contributed by atoms with Crippen LogP contribution in [0.25, 0.3) is 0 Å². The van der Waals surface area contributed by atoms with E-state index in [2.05, 4.69) is 4.90 Å². The van der Waals surface area contributed by atoms with Crippen molar-refractivity contribution in [1.29, 1.82) is 0 Å². The van der Waals surface area contributed by atoms with Crippen molar-refractivity contribution >= 4 is 17.6 Å². The van der Waals surface area contributed by atoms with Crippen LogP contribution in [0, 0.1) is 0 Å². The molecular weight excluding hydrogens is 404 g/mol. The number of amides is 1. The van der Waals surface area contributed by atoms with E-state index in [1.165, 1.54) is 0 Å². The van der Waals surface area contributed by atoms with Gasteiger partial charge in [-0.2, -0.15) is 0 Å². The molecule has 1 saturated heterocycles. The van der Waals surface area contributed by atoms with Crippen LogP contribution in [0.15, 0.2) is 72.8 Å². The summed E-state index contributed by atoms with van der Waals surface area (Å²) in [7, 11) is 0. The molecule has 2 aliphatic rings. The highest BCUT2D eigenvalue weighted by molar-refractivity contribution is 5.98. The lowest BCUT2D eigenvalue weighted by molar-refractivity contribution is 0.0252. The van der Waals surface area contributed by atoms with E-state index in [4.69, 9.17) is 4.74 Å². The first-order valence-electron chi connectivity index (χ1n) is 10.8. The smallest absolute Gasteiger partial charge is 0.339 e. The van der Waals surface area contributed by atoms with Crippen molar-refractivity contribution in [2.45, 2.75) is 12.5 Å². The molecule has 0 bridgehead atoms. The molecule has 2 aliphatic heterocycles. The van der Waals surface area contributed by atoms with Crippen LogP contribution >= 0.6 is 0 Å². The van der Waals surface area contributed by atoms with Gasteiger partial charge in [0.05, 0.1) is 5.56 Å². The third-order valence-corrected chi connectivity index (χ3v) is 6.18. The Bertz CT molecular complexity index is 1140. The third-order valence-electron chi connectivity index (χ3n) is 6.18. The zero-order valence-corrected chi connectivity index (χ0v) is 17.6. The van der Waals surface area contributed by atoms with Crippen molar-refractivity contribution < 1.29 is 19.4 Å². The number of phenolic OH excluding ortho intramolecular Hbond substituents is 1. The number of esters is 1. The number of hydrogen-bond acceptors (Lipinski definition) is 5. The molecule has 0 saturated carbocycles. The van der Waals surface area contributed by atoms with Crippen LogP contribution in [0.5, 0.6) is 5.75 Å². The molecule has 6 heteroatoms. The first-order valence-corrected chi connectivity index (χ1v) is 10.8. The zero-order valence-electron chi connectivity index (χ0n) is 17.6. The highest BCUT2D eigenvalue weighted by Crippen LogP contribution is 2.31. The predicted octanol–water partition coefficient (Wildman–Crippen LogP) is 3.81. The van der Waals surface area contributed by atoms with Crippen LogP contribution in [0.2, 0.25) is 0 Å². The topological polar surface area (TPSA) is 70.1 Å². The second-order valence-electron chi connectivity index (χ2n) is 8.18. The van der Waals surface area contributed by atoms with Crippen molar-refractivity contribution in [1.82, 2.24) is 4.90 Å². The molecule has 1 amide bonds. The van der Waals surface area contributed by atoms with Gasteiger partial charge in [-0.3, -0.25) is 4.79 Å². The number of ether oxygens (including phenoxy) is 1. The number of carbonyl (C=O) groups excluding carboxylic acids is 2. The molecule has 3 aromatic rings. The van der Waals surface area contributed by atoms with Gasteiger partial charge in [-0.05, 0) is 53.6 Å². The summed E-state index contributed by atoms with van der Waals surface area (Å²) in [5.41, 5.74) is 3.97. The molecule has 6 nitrogen and oxygen atoms in total. The van der Waals surface area contributed by atoms with E-state index in [0.29, 0.717) is 30.6 Å². The number of rotatable bonds is 3. The van der Waals surface area contributed by atoms with E-state index in [1.807, 2.05) is 53.4 Å². The van der Waals surface area contributed by atoms with Crippen LogP contribution in [-0.2, 0) is 11.2 Å². The molecule has 1 fully saturated rings. The molecule has 0 spiro atoms. The Hall–Kier alpha value is -3.80. The lowest BCUT2D eigenvalue weighted by atomic mass is 9.93. The molecule has 2 heterocycles. The maximum absolute atomic E-state index is 13.2. The number of anilines is 1. The van der Waals surface area contributed by atoms with Crippen LogP contribution in [0.1, 0.15) is 37.9 Å². The van der Waals surface area contributed by atoms with Gasteiger partial charge < -0.3 is 19.6 Å². The fourth-order valence-corrected chi connectivity index (χ4v) is 4.40. The Kier molecular flexibility index (Phi) is 5.27. The summed E-state index contributed by atoms with van der Waals surface area (Å²) in [6, 6.07) is 22.1. The average molecular weight is 428 g/mol. The Balaban J connectivity index is 1.29. The number of carbonyl (C=O) groups is 2. The van der Waals surface area contributed by atoms with Gasteiger partial charge in [0, 0.05) is 43.9 Å². The minimum absolute atomic E-state index is 0.0200. The second-order valence-corrected chi connectivity index (χ2v) is 8.18. The SMILES string of the molecule is O=C1O[C@@H](c2ccccc2)Cc2cc(C(=O)N3CCN(c4ccc(O)cc4)CC3)ccc21. The summed E-state index contributed by atoms with van der Waals surface area (Å²) in [4.78, 5) is 29.7. The monoisotopic (exact) mass is 428 g/mol. The number of hydrogen-bond donors (Lipinski definition) is 1. The van der Waals surface area contributed by atoms with Crippen LogP contribution < -0.4 is 4.90 Å². The number of cyclic esters (lactones) is 1. The van der Waals surface area contributed by atoms with E-state index in [-0.39, 0.29) is 23.7 Å². The fourth-order valence-electron chi connectivity index (χ4n) is 4.40. The van der Waals surface area contributed by atoms with Gasteiger partial charge in [0.1, 0.15) is 11.9 Å². The molecule has 0 unspecified atom stereocenters. The maximum Gasteiger partial charge on any atom is 0.339 e. The second kappa shape index (κ2) is 8.38. The lowest BCUT2D eigenvalue weighted by Crippen LogP contribution is -2.48. The maximum atomic E-state index is 13.2. The van der Waals surface area contributed by atoms with E-state index in [9.17, 15) is 14.7 Å². The largest absolute Gasteiger partial charge is 0.508 e. The minimum atomic E-state index is -0.346. The van der Waals surface area contributed by atoms with Crippen molar-refractivity contribution in [3.8, 4) is 5.75 Å². The van der Waals surface area contributed by atoms with Gasteiger partial charge in [-0.1, -0.05) is 30.3 Å². The average Bonchev–Trinajstić information content (AvgIpc) is 2.84. The summed E-state index contributed by atoms with van der Waals surface area (Å²) in [6.07, 6.45) is 0.219. The van der Waals surface area contributed by atoms with Crippen LogP contribution in [-0.4, -0.2) is 48.1 Å². The molecule has 0 aromatic heterocycles. The number of nitrogens with zero attached hydrogens (tertiary/aromatic N) is 2. The minimum Gasteiger partial charge on any atom is -0.508 e. The fraction of sp³-hybridized carbons (Fsp3) is 0.231. The summed E-state index contributed by atoms with van der Waals surface area (Å²) in [5, 5.41) is 9.48. The van der Waals surface area contributed by atoms with Gasteiger partial charge in [0.15, 0.2) is 0 Å². The first-order chi connectivity index (χ1) is 15.6. The van der Waals surface area contributed by atoms with Crippen molar-refractivity contribution in [3.05, 3.63) is 95.1 Å². The van der Waals surface area contributed by atoms with Crippen molar-refractivity contribution in [3.63, 3.8) is 0 Å². The molecule has 1 atom stereocenters.